The molecule has 0 saturated heterocycles. The van der Waals surface area contributed by atoms with Crippen LogP contribution in [-0.4, -0.2) is 25.8 Å². The minimum atomic E-state index is 0.138. The van der Waals surface area contributed by atoms with Crippen molar-refractivity contribution in [1.29, 1.82) is 0 Å². The summed E-state index contributed by atoms with van der Waals surface area (Å²) in [6.45, 7) is 0. The fourth-order valence-electron chi connectivity index (χ4n) is 0.426. The first-order valence-electron chi connectivity index (χ1n) is 2.69. The van der Waals surface area contributed by atoms with E-state index in [1.54, 1.807) is 0 Å². The van der Waals surface area contributed by atoms with Crippen LogP contribution in [0.5, 0.6) is 0 Å². The molecular formula is C3H8Br4Si2. The topological polar surface area (TPSA) is 0 Å². The van der Waals surface area contributed by atoms with Crippen molar-refractivity contribution in [2.75, 3.05) is 0 Å². The van der Waals surface area contributed by atoms with Gasteiger partial charge in [0, 0.05) is 19.0 Å². The molecule has 56 valence electrons. The molecule has 0 aliphatic heterocycles. The molecule has 0 unspecified atom stereocenters. The van der Waals surface area contributed by atoms with Gasteiger partial charge >= 0.3 is 0 Å². The van der Waals surface area contributed by atoms with Crippen molar-refractivity contribution in [1.82, 2.24) is 0 Å². The van der Waals surface area contributed by atoms with Crippen LogP contribution in [0.2, 0.25) is 5.67 Å². The molecule has 0 aromatic rings. The van der Waals surface area contributed by atoms with Gasteiger partial charge in [-0.25, -0.2) is 0 Å². The molecule has 0 bridgehead atoms. The Labute approximate surface area is 94.1 Å². The molecule has 0 rings (SSSR count). The lowest BCUT2D eigenvalue weighted by atomic mass is 11.8. The quantitative estimate of drug-likeness (QED) is 0.482. The maximum Gasteiger partial charge on any atom is 0.0549 e. The summed E-state index contributed by atoms with van der Waals surface area (Å²) in [7, 11) is 0.277. The van der Waals surface area contributed by atoms with Crippen molar-refractivity contribution in [2.45, 2.75) is 12.4 Å². The lowest BCUT2D eigenvalue weighted by Crippen LogP contribution is -2.08. The summed E-state index contributed by atoms with van der Waals surface area (Å²) in [5.74, 6) is 0. The van der Waals surface area contributed by atoms with E-state index in [2.05, 4.69) is 63.7 Å². The Balaban J connectivity index is 2.91. The molecule has 0 saturated carbocycles. The van der Waals surface area contributed by atoms with Gasteiger partial charge in [0.25, 0.3) is 0 Å². The Morgan fingerprint density at radius 3 is 1.44 bits per heavy atom. The molecule has 0 amide bonds. The molecule has 0 aromatic heterocycles. The van der Waals surface area contributed by atoms with Crippen molar-refractivity contribution < 1.29 is 0 Å². The van der Waals surface area contributed by atoms with E-state index in [1.807, 2.05) is 0 Å². The predicted molar refractivity (Wildman–Crippen MR) is 65.2 cm³/mol. The maximum absolute atomic E-state index is 3.49. The van der Waals surface area contributed by atoms with Gasteiger partial charge in [-0.1, -0.05) is 69.4 Å². The third kappa shape index (κ3) is 10.4. The Bertz CT molecular complexity index is 58.8. The molecule has 0 nitrogen and oxygen atoms in total. The van der Waals surface area contributed by atoms with E-state index in [-0.39, 0.29) is 19.0 Å². The number of hydrogen-bond donors (Lipinski definition) is 0. The normalized spacial score (nSPS) is 14.0. The van der Waals surface area contributed by atoms with Crippen LogP contribution < -0.4 is 0 Å². The number of halogens is 4. The van der Waals surface area contributed by atoms with Gasteiger partial charge in [-0.05, 0) is 0 Å². The van der Waals surface area contributed by atoms with Gasteiger partial charge in [-0.2, -0.15) is 0 Å². The fourth-order valence-corrected chi connectivity index (χ4v) is 15.5. The van der Waals surface area contributed by atoms with E-state index in [1.165, 1.54) is 5.67 Å². The van der Waals surface area contributed by atoms with E-state index >= 15 is 0 Å². The smallest absolute Gasteiger partial charge is 0.0549 e. The summed E-state index contributed by atoms with van der Waals surface area (Å²) in [5.41, 5.74) is 1.50. The Kier molecular flexibility index (Phi) is 8.87. The van der Waals surface area contributed by atoms with Gasteiger partial charge in [0.1, 0.15) is 0 Å². The Morgan fingerprint density at radius 1 is 0.889 bits per heavy atom. The average Bonchev–Trinajstić information content (AvgIpc) is 1.63. The number of hydrogen-bond acceptors (Lipinski definition) is 0. The van der Waals surface area contributed by atoms with Gasteiger partial charge in [-0.15, -0.1) is 0 Å². The van der Waals surface area contributed by atoms with Gasteiger partial charge in [0.15, 0.2) is 0 Å². The van der Waals surface area contributed by atoms with Crippen LogP contribution in [0.4, 0.5) is 0 Å². The molecule has 0 N–H and O–H groups in total. The summed E-state index contributed by atoms with van der Waals surface area (Å²) in [5, 5.41) is 0. The first-order valence-corrected chi connectivity index (χ1v) is 9.99. The highest BCUT2D eigenvalue weighted by molar-refractivity contribution is 9.25. The molecule has 0 aromatic carbocycles. The van der Waals surface area contributed by atoms with Crippen LogP contribution in [0.1, 0.15) is 0 Å². The average molecular weight is 420 g/mol. The van der Waals surface area contributed by atoms with Crippen LogP contribution in [0, 0.1) is 0 Å². The first-order chi connectivity index (χ1) is 4.13. The summed E-state index contributed by atoms with van der Waals surface area (Å²) >= 11 is 14.0. The zero-order valence-corrected chi connectivity index (χ0v) is 14.0. The highest BCUT2D eigenvalue weighted by Crippen LogP contribution is 2.10. The van der Waals surface area contributed by atoms with Crippen molar-refractivity contribution in [3.05, 3.63) is 0 Å². The van der Waals surface area contributed by atoms with Crippen LogP contribution in [0.25, 0.3) is 0 Å². The standard InChI is InChI=1S/C3H8Br4Si2/c4-2(5)8-1-9-3(6)7/h2-3H,1,8-9H2. The monoisotopic (exact) mass is 416 g/mol. The van der Waals surface area contributed by atoms with Gasteiger partial charge in [0.05, 0.1) is 6.72 Å². The van der Waals surface area contributed by atoms with E-state index in [9.17, 15) is 0 Å². The number of alkyl halides is 4. The molecule has 0 radical (unpaired) electrons. The van der Waals surface area contributed by atoms with E-state index in [0.717, 1.165) is 0 Å². The second kappa shape index (κ2) is 7.03. The minimum Gasteiger partial charge on any atom is -0.0810 e. The SMILES string of the molecule is BrC(Br)[SiH2]C[SiH2]C(Br)Br. The molecule has 0 atom stereocenters. The summed E-state index contributed by atoms with van der Waals surface area (Å²) < 4.78 is 1.30. The minimum absolute atomic E-state index is 0.138. The van der Waals surface area contributed by atoms with Crippen LogP contribution >= 0.6 is 63.7 Å². The zero-order valence-electron chi connectivity index (χ0n) is 4.79. The number of rotatable bonds is 4. The van der Waals surface area contributed by atoms with E-state index < -0.39 is 0 Å². The summed E-state index contributed by atoms with van der Waals surface area (Å²) in [6.07, 6.45) is 0. The maximum atomic E-state index is 3.49. The first kappa shape index (κ1) is 11.4. The van der Waals surface area contributed by atoms with Crippen molar-refractivity contribution in [2.24, 2.45) is 0 Å². The lowest BCUT2D eigenvalue weighted by Gasteiger charge is -1.99. The lowest BCUT2D eigenvalue weighted by molar-refractivity contribution is 1.83. The summed E-state index contributed by atoms with van der Waals surface area (Å²) in [6, 6.07) is 0. The van der Waals surface area contributed by atoms with E-state index in [0.29, 0.717) is 6.72 Å². The second-order valence-corrected chi connectivity index (χ2v) is 19.0. The zero-order chi connectivity index (χ0) is 7.28. The van der Waals surface area contributed by atoms with Crippen molar-refractivity contribution >= 4 is 82.8 Å². The largest absolute Gasteiger partial charge is 0.0810 e. The fraction of sp³-hybridized carbons (Fsp3) is 1.00. The third-order valence-corrected chi connectivity index (χ3v) is 10.5. The predicted octanol–water partition coefficient (Wildman–Crippen LogP) is 1.85. The molecule has 6 heteroatoms. The molecule has 0 heterocycles. The Hall–Kier alpha value is 2.35. The van der Waals surface area contributed by atoms with Gasteiger partial charge < -0.3 is 0 Å². The molecule has 9 heavy (non-hydrogen) atoms. The highest BCUT2D eigenvalue weighted by Gasteiger charge is 2.02. The molecule has 0 aliphatic rings. The third-order valence-electron chi connectivity index (χ3n) is 0.845. The van der Waals surface area contributed by atoms with Crippen LogP contribution in [0.15, 0.2) is 0 Å². The van der Waals surface area contributed by atoms with Gasteiger partial charge in [-0.3, -0.25) is 0 Å². The molecule has 0 spiro atoms. The van der Waals surface area contributed by atoms with Crippen LogP contribution in [-0.2, 0) is 0 Å². The molecular weight excluding hydrogens is 412 g/mol. The highest BCUT2D eigenvalue weighted by atomic mass is 79.9. The van der Waals surface area contributed by atoms with Crippen LogP contribution in [0.3, 0.4) is 0 Å². The second-order valence-electron chi connectivity index (χ2n) is 1.71. The summed E-state index contributed by atoms with van der Waals surface area (Å²) in [4.78, 5) is 0. The van der Waals surface area contributed by atoms with E-state index in [4.69, 9.17) is 0 Å². The Morgan fingerprint density at radius 2 is 1.22 bits per heavy atom. The molecule has 0 fully saturated rings. The van der Waals surface area contributed by atoms with Gasteiger partial charge in [0.2, 0.25) is 0 Å². The molecule has 0 aliphatic carbocycles. The van der Waals surface area contributed by atoms with Crippen molar-refractivity contribution in [3.8, 4) is 0 Å². The van der Waals surface area contributed by atoms with Crippen molar-refractivity contribution in [3.63, 3.8) is 0 Å².